The first-order valence-electron chi connectivity index (χ1n) is 19.4. The van der Waals surface area contributed by atoms with E-state index in [0.29, 0.717) is 28.1 Å². The zero-order chi connectivity index (χ0) is 43.4. The fourth-order valence-electron chi connectivity index (χ4n) is 6.79. The molecule has 1 aromatic heterocycles. The molecule has 0 spiro atoms. The molecule has 0 saturated carbocycles. The SMILES string of the molecule is COc1ccc2c(O[C@@H]3C[C@@H](C(=O)Nc4ccccc4C(=O)NS(=O)(=O)c4ccccc4)N(C(=O)[C@@H](NC(=O)OC(C)(C)C)C(C)(C)C)C3)cc(-c3ccccc3)nc2c1. The Kier molecular flexibility index (Phi) is 12.5. The number of pyridine rings is 1. The number of benzene rings is 4. The standard InChI is InChI=1S/C45H49N5O9S/c1-44(2,3)39(48-43(54)59-45(4,5)6)42(53)50-27-30(58-38-26-35(28-16-10-8-11-17-28)46-36-24-29(57-7)22-23-32(36)38)25-37(50)41(52)47-34-21-15-14-20-33(34)40(51)49-60(55,56)31-18-12-9-13-19-31/h8-24,26,30,37,39H,25,27H2,1-7H3,(H,47,52)(H,48,54)(H,49,51)/t30-,37+,39-/m1/s1. The lowest BCUT2D eigenvalue weighted by atomic mass is 9.85. The van der Waals surface area contributed by atoms with Crippen LogP contribution in [0.5, 0.6) is 11.5 Å². The summed E-state index contributed by atoms with van der Waals surface area (Å²) in [6.07, 6.45) is -1.53. The molecular weight excluding hydrogens is 787 g/mol. The number of fused-ring (bicyclic) bond motifs is 1. The summed E-state index contributed by atoms with van der Waals surface area (Å²) in [5, 5.41) is 6.17. The molecule has 0 radical (unpaired) electrons. The van der Waals surface area contributed by atoms with Gasteiger partial charge in [-0.25, -0.2) is 22.9 Å². The number of nitrogens with zero attached hydrogens (tertiary/aromatic N) is 2. The number of anilines is 1. The summed E-state index contributed by atoms with van der Waals surface area (Å²) in [6.45, 7) is 10.4. The second kappa shape index (κ2) is 17.4. The number of hydrogen-bond acceptors (Lipinski definition) is 10. The van der Waals surface area contributed by atoms with Crippen LogP contribution in [0.4, 0.5) is 10.5 Å². The van der Waals surface area contributed by atoms with Gasteiger partial charge in [-0.15, -0.1) is 0 Å². The van der Waals surface area contributed by atoms with E-state index in [0.717, 1.165) is 5.56 Å². The molecular formula is C45H49N5O9S. The number of alkyl carbamates (subject to hydrolysis) is 1. The highest BCUT2D eigenvalue weighted by Gasteiger charge is 2.46. The van der Waals surface area contributed by atoms with Gasteiger partial charge in [-0.05, 0) is 62.6 Å². The molecule has 1 fully saturated rings. The van der Waals surface area contributed by atoms with Crippen molar-refractivity contribution in [1.29, 1.82) is 0 Å². The number of para-hydroxylation sites is 1. The molecule has 0 aliphatic carbocycles. The molecule has 3 N–H and O–H groups in total. The fraction of sp³-hybridized carbons (Fsp3) is 0.311. The first-order valence-corrected chi connectivity index (χ1v) is 20.8. The first kappa shape index (κ1) is 43.1. The Hall–Kier alpha value is -6.48. The van der Waals surface area contributed by atoms with Crippen LogP contribution in [0.15, 0.2) is 114 Å². The van der Waals surface area contributed by atoms with E-state index in [1.807, 2.05) is 42.5 Å². The van der Waals surface area contributed by atoms with Gasteiger partial charge in [-0.3, -0.25) is 14.4 Å². The number of ether oxygens (including phenoxy) is 3. The third kappa shape index (κ3) is 10.2. The van der Waals surface area contributed by atoms with E-state index in [4.69, 9.17) is 19.2 Å². The number of amides is 4. The van der Waals surface area contributed by atoms with Gasteiger partial charge in [0.25, 0.3) is 15.9 Å². The number of hydrogen-bond donors (Lipinski definition) is 3. The van der Waals surface area contributed by atoms with Crippen molar-refractivity contribution in [2.45, 2.75) is 76.6 Å². The van der Waals surface area contributed by atoms with Gasteiger partial charge in [0.05, 0.1) is 41.0 Å². The number of sulfonamides is 1. The Balaban J connectivity index is 1.35. The molecule has 1 saturated heterocycles. The lowest BCUT2D eigenvalue weighted by Crippen LogP contribution is -2.57. The van der Waals surface area contributed by atoms with Crippen molar-refractivity contribution < 1.29 is 41.8 Å². The van der Waals surface area contributed by atoms with E-state index >= 15 is 0 Å². The Labute approximate surface area is 349 Å². The average Bonchev–Trinajstić information content (AvgIpc) is 3.63. The minimum absolute atomic E-state index is 0.0122. The lowest BCUT2D eigenvalue weighted by molar-refractivity contribution is -0.140. The zero-order valence-corrected chi connectivity index (χ0v) is 35.3. The molecule has 4 amide bonds. The van der Waals surface area contributed by atoms with Crippen molar-refractivity contribution >= 4 is 50.4 Å². The van der Waals surface area contributed by atoms with E-state index in [1.165, 1.54) is 47.4 Å². The Bertz CT molecular complexity index is 2500. The van der Waals surface area contributed by atoms with Gasteiger partial charge in [-0.1, -0.05) is 81.4 Å². The van der Waals surface area contributed by atoms with Crippen molar-refractivity contribution in [3.8, 4) is 22.8 Å². The molecule has 14 nitrogen and oxygen atoms in total. The molecule has 3 atom stereocenters. The number of nitrogens with one attached hydrogen (secondary N) is 3. The van der Waals surface area contributed by atoms with Crippen molar-refractivity contribution in [3.63, 3.8) is 0 Å². The van der Waals surface area contributed by atoms with Crippen molar-refractivity contribution in [2.24, 2.45) is 5.41 Å². The molecule has 60 heavy (non-hydrogen) atoms. The number of carbonyl (C=O) groups is 4. The van der Waals surface area contributed by atoms with Crippen molar-refractivity contribution in [1.82, 2.24) is 19.9 Å². The van der Waals surface area contributed by atoms with Crippen LogP contribution in [0.1, 0.15) is 58.3 Å². The number of carbonyl (C=O) groups excluding carboxylic acids is 4. The lowest BCUT2D eigenvalue weighted by Gasteiger charge is -2.35. The van der Waals surface area contributed by atoms with E-state index in [-0.39, 0.29) is 29.1 Å². The molecule has 1 aliphatic rings. The summed E-state index contributed by atoms with van der Waals surface area (Å²) in [5.74, 6) is -1.15. The predicted molar refractivity (Wildman–Crippen MR) is 227 cm³/mol. The smallest absolute Gasteiger partial charge is 0.408 e. The molecule has 4 aromatic carbocycles. The first-order chi connectivity index (χ1) is 28.3. The van der Waals surface area contributed by atoms with Gasteiger partial charge in [0.2, 0.25) is 11.8 Å². The number of aromatic nitrogens is 1. The fourth-order valence-corrected chi connectivity index (χ4v) is 7.78. The molecule has 2 heterocycles. The largest absolute Gasteiger partial charge is 0.497 e. The van der Waals surface area contributed by atoms with E-state index < -0.39 is 63.0 Å². The molecule has 1 aliphatic heterocycles. The minimum Gasteiger partial charge on any atom is -0.497 e. The van der Waals surface area contributed by atoms with Gasteiger partial charge in [0.1, 0.15) is 35.3 Å². The summed E-state index contributed by atoms with van der Waals surface area (Å²) >= 11 is 0. The zero-order valence-electron chi connectivity index (χ0n) is 34.5. The summed E-state index contributed by atoms with van der Waals surface area (Å²) < 4.78 is 45.9. The summed E-state index contributed by atoms with van der Waals surface area (Å²) in [6, 6.07) is 27.8. The van der Waals surface area contributed by atoms with Crippen LogP contribution in [0.2, 0.25) is 0 Å². The summed E-state index contributed by atoms with van der Waals surface area (Å²) in [4.78, 5) is 61.9. The van der Waals surface area contributed by atoms with Crippen molar-refractivity contribution in [2.75, 3.05) is 19.0 Å². The average molecular weight is 836 g/mol. The van der Waals surface area contributed by atoms with Crippen LogP contribution in [0.3, 0.4) is 0 Å². The maximum Gasteiger partial charge on any atom is 0.408 e. The van der Waals surface area contributed by atoms with Crippen molar-refractivity contribution in [3.05, 3.63) is 115 Å². The maximum absolute atomic E-state index is 14.7. The molecule has 6 rings (SSSR count). The molecule has 15 heteroatoms. The third-order valence-corrected chi connectivity index (χ3v) is 11.0. The van der Waals surface area contributed by atoms with Crippen LogP contribution in [-0.4, -0.2) is 79.6 Å². The van der Waals surface area contributed by atoms with Crippen LogP contribution >= 0.6 is 0 Å². The van der Waals surface area contributed by atoms with Gasteiger partial charge >= 0.3 is 6.09 Å². The normalized spacial score (nSPS) is 16.1. The number of methoxy groups -OCH3 is 1. The topological polar surface area (TPSA) is 182 Å². The maximum atomic E-state index is 14.7. The summed E-state index contributed by atoms with van der Waals surface area (Å²) in [7, 11) is -2.68. The molecule has 314 valence electrons. The van der Waals surface area contributed by atoms with Crippen LogP contribution in [0.25, 0.3) is 22.2 Å². The highest BCUT2D eigenvalue weighted by Crippen LogP contribution is 2.35. The summed E-state index contributed by atoms with van der Waals surface area (Å²) in [5.41, 5.74) is 0.276. The van der Waals surface area contributed by atoms with E-state index in [1.54, 1.807) is 72.9 Å². The molecule has 0 bridgehead atoms. The Morgan fingerprint density at radius 2 is 1.48 bits per heavy atom. The van der Waals surface area contributed by atoms with Crippen LogP contribution in [0, 0.1) is 5.41 Å². The van der Waals surface area contributed by atoms with Gasteiger partial charge in [0, 0.05) is 29.5 Å². The van der Waals surface area contributed by atoms with Gasteiger partial charge in [-0.2, -0.15) is 0 Å². The number of rotatable bonds is 11. The van der Waals surface area contributed by atoms with Gasteiger partial charge in [0.15, 0.2) is 0 Å². The predicted octanol–water partition coefficient (Wildman–Crippen LogP) is 6.96. The highest BCUT2D eigenvalue weighted by molar-refractivity contribution is 7.90. The highest BCUT2D eigenvalue weighted by atomic mass is 32.2. The quantitative estimate of drug-likeness (QED) is 0.126. The van der Waals surface area contributed by atoms with Crippen LogP contribution in [-0.2, 0) is 24.3 Å². The van der Waals surface area contributed by atoms with E-state index in [9.17, 15) is 27.6 Å². The Morgan fingerprint density at radius 3 is 2.13 bits per heavy atom. The second-order valence-corrected chi connectivity index (χ2v) is 18.1. The van der Waals surface area contributed by atoms with Crippen LogP contribution < -0.4 is 24.8 Å². The Morgan fingerprint density at radius 1 is 0.833 bits per heavy atom. The number of likely N-dealkylation sites (tertiary alicyclic amines) is 1. The minimum atomic E-state index is -4.25. The molecule has 0 unspecified atom stereocenters. The second-order valence-electron chi connectivity index (χ2n) is 16.5. The van der Waals surface area contributed by atoms with E-state index in [2.05, 4.69) is 15.4 Å². The monoisotopic (exact) mass is 835 g/mol. The molecule has 5 aromatic rings. The van der Waals surface area contributed by atoms with Gasteiger partial charge < -0.3 is 29.7 Å². The third-order valence-electron chi connectivity index (χ3n) is 9.67.